The quantitative estimate of drug-likeness (QED) is 0.740. The molecule has 1 fully saturated rings. The lowest BCUT2D eigenvalue weighted by Crippen LogP contribution is -2.40. The third-order valence-corrected chi connectivity index (χ3v) is 5.63. The number of hydrogen-bond donors (Lipinski definition) is 2. The van der Waals surface area contributed by atoms with Crippen molar-refractivity contribution in [2.24, 2.45) is 0 Å². The number of aromatic hydroxyl groups is 1. The van der Waals surface area contributed by atoms with Gasteiger partial charge in [-0.05, 0) is 37.5 Å². The van der Waals surface area contributed by atoms with Crippen molar-refractivity contribution < 1.29 is 9.90 Å². The first-order valence-electron chi connectivity index (χ1n) is 8.58. The van der Waals surface area contributed by atoms with Gasteiger partial charge in [-0.3, -0.25) is 4.79 Å². The smallest absolute Gasteiger partial charge is 0.224 e. The molecule has 2 aromatic heterocycles. The van der Waals surface area contributed by atoms with Crippen molar-refractivity contribution >= 4 is 32.7 Å². The molecule has 8 heteroatoms. The van der Waals surface area contributed by atoms with Crippen LogP contribution in [0.5, 0.6) is 5.75 Å². The van der Waals surface area contributed by atoms with E-state index in [1.165, 1.54) is 11.3 Å². The average Bonchev–Trinajstić information content (AvgIpc) is 3.08. The van der Waals surface area contributed by atoms with E-state index in [1.54, 1.807) is 15.6 Å². The summed E-state index contributed by atoms with van der Waals surface area (Å²) in [5.74, 6) is 0.367. The molecule has 0 aliphatic carbocycles. The van der Waals surface area contributed by atoms with E-state index in [2.05, 4.69) is 15.4 Å². The van der Waals surface area contributed by atoms with Gasteiger partial charge in [0.15, 0.2) is 10.8 Å². The molecule has 3 aromatic rings. The third kappa shape index (κ3) is 3.01. The second kappa shape index (κ2) is 6.28. The number of rotatable bonds is 3. The molecule has 0 radical (unpaired) electrons. The summed E-state index contributed by atoms with van der Waals surface area (Å²) < 4.78 is 2.62. The SMILES string of the molecule is Cc1cc(C)c(-n2cc3sc(N[C@@H]4CCN(C)C(=O)C4)nc3n2)c(O)c1. The standard InChI is InChI=1S/C18H21N5O2S/c1-10-6-11(2)16(13(24)7-10)23-9-14-17(21-23)20-18(26-14)19-12-4-5-22(3)15(25)8-12/h6-7,9,12,24H,4-5,8H2,1-3H3,(H,19,20,21)/t12-/m1/s1. The van der Waals surface area contributed by atoms with Gasteiger partial charge < -0.3 is 15.3 Å². The number of nitrogens with one attached hydrogen (secondary N) is 1. The predicted octanol–water partition coefficient (Wildman–Crippen LogP) is 2.84. The number of aryl methyl sites for hydroxylation is 2. The summed E-state index contributed by atoms with van der Waals surface area (Å²) in [4.78, 5) is 18.1. The molecule has 0 spiro atoms. The molecule has 0 unspecified atom stereocenters. The normalized spacial score (nSPS) is 17.9. The number of thiazole rings is 1. The molecule has 2 N–H and O–H groups in total. The molecule has 3 heterocycles. The summed E-state index contributed by atoms with van der Waals surface area (Å²) in [6.45, 7) is 4.67. The van der Waals surface area contributed by atoms with Crippen LogP contribution in [0.4, 0.5) is 5.13 Å². The zero-order chi connectivity index (χ0) is 18.4. The molecule has 1 aliphatic rings. The summed E-state index contributed by atoms with van der Waals surface area (Å²) in [7, 11) is 1.83. The van der Waals surface area contributed by atoms with Crippen LogP contribution >= 0.6 is 11.3 Å². The van der Waals surface area contributed by atoms with Crippen molar-refractivity contribution in [1.29, 1.82) is 0 Å². The molecule has 1 aromatic carbocycles. The summed E-state index contributed by atoms with van der Waals surface area (Å²) >= 11 is 1.51. The summed E-state index contributed by atoms with van der Waals surface area (Å²) in [6, 6.07) is 3.86. The third-order valence-electron chi connectivity index (χ3n) is 4.72. The number of carbonyl (C=O) groups excluding carboxylic acids is 1. The molecule has 1 atom stereocenters. The van der Waals surface area contributed by atoms with Gasteiger partial charge in [-0.15, -0.1) is 5.10 Å². The Balaban J connectivity index is 1.58. The van der Waals surface area contributed by atoms with Crippen LogP contribution in [0.1, 0.15) is 24.0 Å². The van der Waals surface area contributed by atoms with Gasteiger partial charge in [0, 0.05) is 26.1 Å². The van der Waals surface area contributed by atoms with E-state index < -0.39 is 0 Å². The Morgan fingerprint density at radius 1 is 1.35 bits per heavy atom. The first kappa shape index (κ1) is 16.8. The summed E-state index contributed by atoms with van der Waals surface area (Å²) in [6.07, 6.45) is 3.29. The average molecular weight is 371 g/mol. The molecule has 1 amide bonds. The van der Waals surface area contributed by atoms with Gasteiger partial charge in [-0.1, -0.05) is 17.4 Å². The van der Waals surface area contributed by atoms with Gasteiger partial charge in [0.05, 0.1) is 10.9 Å². The highest BCUT2D eigenvalue weighted by atomic mass is 32.1. The number of nitrogens with zero attached hydrogens (tertiary/aromatic N) is 4. The van der Waals surface area contributed by atoms with E-state index in [9.17, 15) is 9.90 Å². The Labute approximate surface area is 155 Å². The van der Waals surface area contributed by atoms with Gasteiger partial charge in [-0.25, -0.2) is 4.68 Å². The van der Waals surface area contributed by atoms with E-state index in [1.807, 2.05) is 33.2 Å². The van der Waals surface area contributed by atoms with Crippen molar-refractivity contribution in [3.63, 3.8) is 0 Å². The Hall–Kier alpha value is -2.61. The van der Waals surface area contributed by atoms with Crippen LogP contribution in [0.2, 0.25) is 0 Å². The first-order chi connectivity index (χ1) is 12.4. The number of piperidine rings is 1. The molecular formula is C18H21N5O2S. The Morgan fingerprint density at radius 3 is 2.85 bits per heavy atom. The first-order valence-corrected chi connectivity index (χ1v) is 9.39. The molecule has 0 saturated carbocycles. The maximum absolute atomic E-state index is 11.8. The second-order valence-corrected chi connectivity index (χ2v) is 7.91. The number of benzene rings is 1. The highest BCUT2D eigenvalue weighted by molar-refractivity contribution is 7.22. The summed E-state index contributed by atoms with van der Waals surface area (Å²) in [5.41, 5.74) is 3.28. The molecule has 0 bridgehead atoms. The van der Waals surface area contributed by atoms with Crippen LogP contribution in [0.25, 0.3) is 16.0 Å². The molecule has 1 saturated heterocycles. The lowest BCUT2D eigenvalue weighted by molar-refractivity contribution is -0.132. The minimum atomic E-state index is 0.115. The number of carbonyl (C=O) groups is 1. The van der Waals surface area contributed by atoms with Gasteiger partial charge in [-0.2, -0.15) is 4.98 Å². The lowest BCUT2D eigenvalue weighted by Gasteiger charge is -2.29. The van der Waals surface area contributed by atoms with Crippen LogP contribution in [0, 0.1) is 13.8 Å². The van der Waals surface area contributed by atoms with Gasteiger partial charge in [0.25, 0.3) is 0 Å². The van der Waals surface area contributed by atoms with Crippen molar-refractivity contribution in [3.8, 4) is 11.4 Å². The molecule has 4 rings (SSSR count). The van der Waals surface area contributed by atoms with E-state index in [0.29, 0.717) is 17.8 Å². The Morgan fingerprint density at radius 2 is 2.15 bits per heavy atom. The van der Waals surface area contributed by atoms with Crippen LogP contribution < -0.4 is 5.32 Å². The van der Waals surface area contributed by atoms with Crippen molar-refractivity contribution in [2.45, 2.75) is 32.7 Å². The number of anilines is 1. The van der Waals surface area contributed by atoms with Crippen molar-refractivity contribution in [2.75, 3.05) is 18.9 Å². The zero-order valence-electron chi connectivity index (χ0n) is 15.0. The highest BCUT2D eigenvalue weighted by Crippen LogP contribution is 2.31. The second-order valence-electron chi connectivity index (χ2n) is 6.88. The van der Waals surface area contributed by atoms with Crippen LogP contribution in [-0.4, -0.2) is 50.3 Å². The van der Waals surface area contributed by atoms with E-state index in [0.717, 1.165) is 33.9 Å². The van der Waals surface area contributed by atoms with Crippen molar-refractivity contribution in [1.82, 2.24) is 19.7 Å². The fraction of sp³-hybridized carbons (Fsp3) is 0.389. The number of aromatic nitrogens is 3. The maximum Gasteiger partial charge on any atom is 0.224 e. The molecule has 136 valence electrons. The Bertz CT molecular complexity index is 938. The van der Waals surface area contributed by atoms with Crippen LogP contribution in [-0.2, 0) is 4.79 Å². The topological polar surface area (TPSA) is 83.3 Å². The fourth-order valence-corrected chi connectivity index (χ4v) is 4.27. The number of phenols is 1. The predicted molar refractivity (Wildman–Crippen MR) is 102 cm³/mol. The highest BCUT2D eigenvalue weighted by Gasteiger charge is 2.24. The van der Waals surface area contributed by atoms with E-state index in [-0.39, 0.29) is 17.7 Å². The largest absolute Gasteiger partial charge is 0.506 e. The number of hydrogen-bond acceptors (Lipinski definition) is 6. The summed E-state index contributed by atoms with van der Waals surface area (Å²) in [5, 5.41) is 18.9. The Kier molecular flexibility index (Phi) is 4.07. The number of amides is 1. The van der Waals surface area contributed by atoms with Gasteiger partial charge >= 0.3 is 0 Å². The number of phenolic OH excluding ortho intramolecular Hbond substituents is 1. The minimum absolute atomic E-state index is 0.115. The molecule has 7 nitrogen and oxygen atoms in total. The van der Waals surface area contributed by atoms with Crippen LogP contribution in [0.15, 0.2) is 18.3 Å². The fourth-order valence-electron chi connectivity index (χ4n) is 3.37. The maximum atomic E-state index is 11.8. The molecule has 1 aliphatic heterocycles. The number of likely N-dealkylation sites (tertiary alicyclic amines) is 1. The lowest BCUT2D eigenvalue weighted by atomic mass is 10.1. The minimum Gasteiger partial charge on any atom is -0.506 e. The van der Waals surface area contributed by atoms with E-state index >= 15 is 0 Å². The monoisotopic (exact) mass is 371 g/mol. The van der Waals surface area contributed by atoms with Crippen molar-refractivity contribution in [3.05, 3.63) is 29.5 Å². The zero-order valence-corrected chi connectivity index (χ0v) is 15.8. The molecule has 26 heavy (non-hydrogen) atoms. The number of fused-ring (bicyclic) bond motifs is 1. The molecular weight excluding hydrogens is 350 g/mol. The van der Waals surface area contributed by atoms with E-state index in [4.69, 9.17) is 0 Å². The van der Waals surface area contributed by atoms with Gasteiger partial charge in [0.1, 0.15) is 11.4 Å². The van der Waals surface area contributed by atoms with Gasteiger partial charge in [0.2, 0.25) is 5.91 Å². The van der Waals surface area contributed by atoms with Crippen LogP contribution in [0.3, 0.4) is 0 Å².